The number of H-pyrrole nitrogens is 1. The van der Waals surface area contributed by atoms with Gasteiger partial charge < -0.3 is 19.8 Å². The number of aromatic amines is 1. The highest BCUT2D eigenvalue weighted by Gasteiger charge is 2.22. The second-order valence-electron chi connectivity index (χ2n) is 4.92. The van der Waals surface area contributed by atoms with Crippen LogP contribution < -0.4 is 10.1 Å². The van der Waals surface area contributed by atoms with Gasteiger partial charge in [0, 0.05) is 11.4 Å². The highest BCUT2D eigenvalue weighted by Crippen LogP contribution is 2.28. The molecule has 1 heterocycles. The van der Waals surface area contributed by atoms with E-state index in [9.17, 15) is 9.59 Å². The quantitative estimate of drug-likeness (QED) is 0.839. The summed E-state index contributed by atoms with van der Waals surface area (Å²) in [6, 6.07) is 4.92. The van der Waals surface area contributed by atoms with Crippen LogP contribution in [0.1, 0.15) is 32.1 Å². The van der Waals surface area contributed by atoms with E-state index in [4.69, 9.17) is 21.1 Å². The number of benzene rings is 1. The fraction of sp³-hybridized carbons (Fsp3) is 0.250. The third-order valence-electron chi connectivity index (χ3n) is 3.46. The van der Waals surface area contributed by atoms with Gasteiger partial charge in [-0.15, -0.1) is 0 Å². The zero-order valence-corrected chi connectivity index (χ0v) is 14.0. The SMILES string of the molecule is COC(=O)c1c(C)[nH]c(C(=O)Nc2ccc(OC)c(Cl)c2)c1C. The average Bonchev–Trinajstić information content (AvgIpc) is 2.81. The van der Waals surface area contributed by atoms with E-state index in [0.717, 1.165) is 0 Å². The van der Waals surface area contributed by atoms with Crippen molar-refractivity contribution in [2.24, 2.45) is 0 Å². The fourth-order valence-corrected chi connectivity index (χ4v) is 2.58. The number of amides is 1. The van der Waals surface area contributed by atoms with Crippen LogP contribution in [-0.4, -0.2) is 31.1 Å². The van der Waals surface area contributed by atoms with Gasteiger partial charge in [0.15, 0.2) is 0 Å². The van der Waals surface area contributed by atoms with E-state index in [0.29, 0.717) is 39.0 Å². The van der Waals surface area contributed by atoms with Crippen molar-refractivity contribution in [3.8, 4) is 5.75 Å². The second kappa shape index (κ2) is 6.75. The Labute approximate surface area is 138 Å². The van der Waals surface area contributed by atoms with E-state index in [-0.39, 0.29) is 5.91 Å². The Kier molecular flexibility index (Phi) is 4.95. The number of esters is 1. The summed E-state index contributed by atoms with van der Waals surface area (Å²) in [6.45, 7) is 3.39. The van der Waals surface area contributed by atoms with Gasteiger partial charge in [-0.05, 0) is 37.6 Å². The Bertz CT molecular complexity index is 768. The Morgan fingerprint density at radius 1 is 1.22 bits per heavy atom. The van der Waals surface area contributed by atoms with Crippen LogP contribution in [0.25, 0.3) is 0 Å². The van der Waals surface area contributed by atoms with E-state index in [1.807, 2.05) is 0 Å². The summed E-state index contributed by atoms with van der Waals surface area (Å²) in [5.74, 6) is -0.339. The van der Waals surface area contributed by atoms with Crippen LogP contribution in [0.4, 0.5) is 5.69 Å². The molecule has 0 saturated heterocycles. The van der Waals surface area contributed by atoms with Gasteiger partial charge in [-0.2, -0.15) is 0 Å². The van der Waals surface area contributed by atoms with Crippen LogP contribution in [-0.2, 0) is 4.74 Å². The Morgan fingerprint density at radius 3 is 2.48 bits per heavy atom. The Balaban J connectivity index is 2.28. The minimum Gasteiger partial charge on any atom is -0.495 e. The molecule has 1 amide bonds. The molecule has 122 valence electrons. The van der Waals surface area contributed by atoms with Gasteiger partial charge in [0.2, 0.25) is 0 Å². The van der Waals surface area contributed by atoms with Gasteiger partial charge >= 0.3 is 5.97 Å². The van der Waals surface area contributed by atoms with Crippen LogP contribution in [0.2, 0.25) is 5.02 Å². The first-order valence-electron chi connectivity index (χ1n) is 6.81. The number of hydrogen-bond donors (Lipinski definition) is 2. The Morgan fingerprint density at radius 2 is 1.91 bits per heavy atom. The van der Waals surface area contributed by atoms with Gasteiger partial charge in [0.25, 0.3) is 5.91 Å². The van der Waals surface area contributed by atoms with Crippen molar-refractivity contribution in [2.75, 3.05) is 19.5 Å². The van der Waals surface area contributed by atoms with Crippen LogP contribution in [0, 0.1) is 13.8 Å². The summed E-state index contributed by atoms with van der Waals surface area (Å²) in [4.78, 5) is 27.1. The number of carbonyl (C=O) groups is 2. The molecular formula is C16H17ClN2O4. The van der Waals surface area contributed by atoms with Crippen molar-refractivity contribution < 1.29 is 19.1 Å². The summed E-state index contributed by atoms with van der Waals surface area (Å²) in [5, 5.41) is 3.12. The van der Waals surface area contributed by atoms with Gasteiger partial charge in [-0.25, -0.2) is 4.79 Å². The molecule has 0 bridgehead atoms. The standard InChI is InChI=1S/C16H17ClN2O4/c1-8-13(16(21)23-4)9(2)18-14(8)15(20)19-10-5-6-12(22-3)11(17)7-10/h5-7,18H,1-4H3,(H,19,20). The monoisotopic (exact) mass is 336 g/mol. The average molecular weight is 337 g/mol. The number of ether oxygens (including phenoxy) is 2. The van der Waals surface area contributed by atoms with Crippen molar-refractivity contribution in [2.45, 2.75) is 13.8 Å². The van der Waals surface area contributed by atoms with Gasteiger partial charge in [0.05, 0.1) is 24.8 Å². The zero-order chi connectivity index (χ0) is 17.1. The number of nitrogens with one attached hydrogen (secondary N) is 2. The summed E-state index contributed by atoms with van der Waals surface area (Å²) in [7, 11) is 2.81. The number of hydrogen-bond acceptors (Lipinski definition) is 4. The summed E-state index contributed by atoms with van der Waals surface area (Å²) < 4.78 is 9.79. The van der Waals surface area contributed by atoms with Crippen LogP contribution in [0.15, 0.2) is 18.2 Å². The molecule has 0 radical (unpaired) electrons. The molecule has 23 heavy (non-hydrogen) atoms. The lowest BCUT2D eigenvalue weighted by molar-refractivity contribution is 0.0599. The van der Waals surface area contributed by atoms with Gasteiger partial charge in [-0.1, -0.05) is 11.6 Å². The smallest absolute Gasteiger partial charge is 0.339 e. The number of aromatic nitrogens is 1. The molecule has 0 fully saturated rings. The lowest BCUT2D eigenvalue weighted by atomic mass is 10.1. The molecular weight excluding hydrogens is 320 g/mol. The number of anilines is 1. The minimum absolute atomic E-state index is 0.301. The first kappa shape index (κ1) is 16.9. The maximum Gasteiger partial charge on any atom is 0.339 e. The predicted molar refractivity (Wildman–Crippen MR) is 87.6 cm³/mol. The topological polar surface area (TPSA) is 80.4 Å². The summed E-state index contributed by atoms with van der Waals surface area (Å²) in [5.41, 5.74) is 2.30. The minimum atomic E-state index is -0.484. The molecule has 2 rings (SSSR count). The maximum atomic E-state index is 12.4. The third kappa shape index (κ3) is 3.32. The number of methoxy groups -OCH3 is 2. The van der Waals surface area contributed by atoms with Crippen molar-refractivity contribution >= 4 is 29.2 Å². The lowest BCUT2D eigenvalue weighted by Crippen LogP contribution is -2.14. The van der Waals surface area contributed by atoms with Gasteiger partial charge in [0.1, 0.15) is 11.4 Å². The normalized spacial score (nSPS) is 10.3. The molecule has 1 aromatic heterocycles. The second-order valence-corrected chi connectivity index (χ2v) is 5.33. The molecule has 0 unspecified atom stereocenters. The molecule has 0 spiro atoms. The van der Waals surface area contributed by atoms with Crippen LogP contribution >= 0.6 is 11.6 Å². The molecule has 2 N–H and O–H groups in total. The van der Waals surface area contributed by atoms with E-state index in [2.05, 4.69) is 10.3 Å². The molecule has 0 atom stereocenters. The summed E-state index contributed by atoms with van der Waals surface area (Å²) in [6.07, 6.45) is 0. The molecule has 7 heteroatoms. The molecule has 0 saturated carbocycles. The van der Waals surface area contributed by atoms with Crippen LogP contribution in [0.3, 0.4) is 0 Å². The number of aryl methyl sites for hydroxylation is 1. The van der Waals surface area contributed by atoms with Crippen LogP contribution in [0.5, 0.6) is 5.75 Å². The maximum absolute atomic E-state index is 12.4. The first-order valence-corrected chi connectivity index (χ1v) is 7.19. The van der Waals surface area contributed by atoms with Gasteiger partial charge in [-0.3, -0.25) is 4.79 Å². The molecule has 0 aliphatic heterocycles. The zero-order valence-electron chi connectivity index (χ0n) is 13.2. The predicted octanol–water partition coefficient (Wildman–Crippen LogP) is 3.33. The number of carbonyl (C=O) groups excluding carboxylic acids is 2. The molecule has 0 aliphatic rings. The number of rotatable bonds is 4. The highest BCUT2D eigenvalue weighted by atomic mass is 35.5. The first-order chi connectivity index (χ1) is 10.9. The molecule has 1 aromatic carbocycles. The van der Waals surface area contributed by atoms with E-state index < -0.39 is 5.97 Å². The van der Waals surface area contributed by atoms with E-state index >= 15 is 0 Å². The lowest BCUT2D eigenvalue weighted by Gasteiger charge is -2.08. The van der Waals surface area contributed by atoms with Crippen molar-refractivity contribution in [3.05, 3.63) is 45.7 Å². The van der Waals surface area contributed by atoms with Crippen molar-refractivity contribution in [1.82, 2.24) is 4.98 Å². The Hall–Kier alpha value is -2.47. The fourth-order valence-electron chi connectivity index (χ4n) is 2.32. The summed E-state index contributed by atoms with van der Waals surface area (Å²) >= 11 is 6.03. The third-order valence-corrected chi connectivity index (χ3v) is 3.76. The largest absolute Gasteiger partial charge is 0.495 e. The van der Waals surface area contributed by atoms with E-state index in [1.54, 1.807) is 32.0 Å². The molecule has 0 aliphatic carbocycles. The molecule has 2 aromatic rings. The molecule has 6 nitrogen and oxygen atoms in total. The number of halogens is 1. The van der Waals surface area contributed by atoms with Crippen molar-refractivity contribution in [3.63, 3.8) is 0 Å². The van der Waals surface area contributed by atoms with Crippen molar-refractivity contribution in [1.29, 1.82) is 0 Å². The van der Waals surface area contributed by atoms with E-state index in [1.165, 1.54) is 14.2 Å². The highest BCUT2D eigenvalue weighted by molar-refractivity contribution is 6.32.